The fourth-order valence-corrected chi connectivity index (χ4v) is 2.97. The van der Waals surface area contributed by atoms with E-state index in [1.54, 1.807) is 11.3 Å². The molecule has 4 heteroatoms. The zero-order chi connectivity index (χ0) is 12.3. The lowest BCUT2D eigenvalue weighted by Crippen LogP contribution is -2.52. The quantitative estimate of drug-likeness (QED) is 0.865. The van der Waals surface area contributed by atoms with Gasteiger partial charge in [-0.15, -0.1) is 11.3 Å². The van der Waals surface area contributed by atoms with E-state index in [2.05, 4.69) is 24.5 Å². The monoisotopic (exact) mass is 252 g/mol. The highest BCUT2D eigenvalue weighted by molar-refractivity contribution is 7.14. The van der Waals surface area contributed by atoms with Crippen molar-refractivity contribution in [3.05, 3.63) is 21.9 Å². The summed E-state index contributed by atoms with van der Waals surface area (Å²) in [7, 11) is 0. The molecule has 2 N–H and O–H groups in total. The first kappa shape index (κ1) is 12.6. The van der Waals surface area contributed by atoms with E-state index in [1.165, 1.54) is 4.88 Å². The van der Waals surface area contributed by atoms with E-state index in [0.29, 0.717) is 0 Å². The van der Waals surface area contributed by atoms with Gasteiger partial charge in [-0.2, -0.15) is 0 Å². The Bertz CT molecular complexity index is 394. The van der Waals surface area contributed by atoms with Crippen molar-refractivity contribution in [2.24, 2.45) is 0 Å². The summed E-state index contributed by atoms with van der Waals surface area (Å²) in [5.74, 6) is 0.0825. The van der Waals surface area contributed by atoms with Crippen LogP contribution in [0.25, 0.3) is 0 Å². The number of hydrogen-bond donors (Lipinski definition) is 2. The molecule has 3 nitrogen and oxygen atoms in total. The fraction of sp³-hybridized carbons (Fsp3) is 0.615. The molecule has 17 heavy (non-hydrogen) atoms. The Labute approximate surface area is 107 Å². The molecule has 1 saturated heterocycles. The van der Waals surface area contributed by atoms with Crippen LogP contribution in [0.2, 0.25) is 0 Å². The number of carbonyl (C=O) groups is 1. The second-order valence-corrected chi connectivity index (χ2v) is 6.05. The maximum Gasteiger partial charge on any atom is 0.261 e. The van der Waals surface area contributed by atoms with E-state index in [4.69, 9.17) is 0 Å². The molecule has 1 aliphatic heterocycles. The number of hydrogen-bond acceptors (Lipinski definition) is 3. The van der Waals surface area contributed by atoms with Crippen molar-refractivity contribution in [3.8, 4) is 0 Å². The van der Waals surface area contributed by atoms with E-state index >= 15 is 0 Å². The van der Waals surface area contributed by atoms with Crippen LogP contribution in [0.3, 0.4) is 0 Å². The number of amides is 1. The van der Waals surface area contributed by atoms with Gasteiger partial charge in [0, 0.05) is 10.4 Å². The number of nitrogens with one attached hydrogen (secondary N) is 2. The van der Waals surface area contributed by atoms with E-state index in [9.17, 15) is 4.79 Å². The molecule has 1 fully saturated rings. The lowest BCUT2D eigenvalue weighted by molar-refractivity contribution is 0.0892. The smallest absolute Gasteiger partial charge is 0.261 e. The maximum atomic E-state index is 12.1. The van der Waals surface area contributed by atoms with Gasteiger partial charge in [0.05, 0.1) is 4.88 Å². The zero-order valence-electron chi connectivity index (χ0n) is 10.5. The molecule has 0 saturated carbocycles. The topological polar surface area (TPSA) is 41.1 Å². The number of piperidine rings is 1. The van der Waals surface area contributed by atoms with Crippen LogP contribution in [0.15, 0.2) is 12.1 Å². The van der Waals surface area contributed by atoms with Crippen molar-refractivity contribution >= 4 is 17.2 Å². The highest BCUT2D eigenvalue weighted by Gasteiger charge is 2.28. The Morgan fingerprint density at radius 1 is 1.47 bits per heavy atom. The van der Waals surface area contributed by atoms with Gasteiger partial charge in [0.15, 0.2) is 0 Å². The first-order valence-electron chi connectivity index (χ1n) is 6.25. The van der Waals surface area contributed by atoms with Gasteiger partial charge in [-0.1, -0.05) is 6.92 Å². The van der Waals surface area contributed by atoms with Crippen molar-refractivity contribution in [2.45, 2.75) is 38.6 Å². The minimum absolute atomic E-state index is 0.0430. The van der Waals surface area contributed by atoms with Crippen molar-refractivity contribution < 1.29 is 4.79 Å². The molecular weight excluding hydrogens is 232 g/mol. The zero-order valence-corrected chi connectivity index (χ0v) is 11.3. The van der Waals surface area contributed by atoms with Gasteiger partial charge in [0.25, 0.3) is 5.91 Å². The average Bonchev–Trinajstić information content (AvgIpc) is 2.78. The largest absolute Gasteiger partial charge is 0.346 e. The van der Waals surface area contributed by atoms with Crippen molar-refractivity contribution in [3.63, 3.8) is 0 Å². The molecule has 2 rings (SSSR count). The summed E-state index contributed by atoms with van der Waals surface area (Å²) in [5.41, 5.74) is -0.0430. The van der Waals surface area contributed by atoms with Gasteiger partial charge in [-0.05, 0) is 51.4 Å². The van der Waals surface area contributed by atoms with Crippen molar-refractivity contribution in [1.82, 2.24) is 10.6 Å². The second kappa shape index (κ2) is 5.19. The minimum Gasteiger partial charge on any atom is -0.346 e. The Kier molecular flexibility index (Phi) is 3.84. The molecule has 0 bridgehead atoms. The standard InChI is InChI=1S/C13H20N2OS/c1-3-10-4-5-11(17-10)12(16)15-13(2)6-8-14-9-7-13/h4-5,14H,3,6-9H2,1-2H3,(H,15,16). The Morgan fingerprint density at radius 3 is 2.76 bits per heavy atom. The molecule has 0 spiro atoms. The lowest BCUT2D eigenvalue weighted by atomic mass is 9.90. The SMILES string of the molecule is CCc1ccc(C(=O)NC2(C)CCNCC2)s1. The molecule has 0 aliphatic carbocycles. The third-order valence-electron chi connectivity index (χ3n) is 3.36. The predicted molar refractivity (Wildman–Crippen MR) is 71.7 cm³/mol. The van der Waals surface area contributed by atoms with Crippen LogP contribution in [-0.2, 0) is 6.42 Å². The van der Waals surface area contributed by atoms with Crippen LogP contribution in [0.1, 0.15) is 41.2 Å². The Hall–Kier alpha value is -0.870. The van der Waals surface area contributed by atoms with Crippen LogP contribution in [0.5, 0.6) is 0 Å². The Balaban J connectivity index is 2.00. The van der Waals surface area contributed by atoms with Gasteiger partial charge < -0.3 is 10.6 Å². The highest BCUT2D eigenvalue weighted by atomic mass is 32.1. The lowest BCUT2D eigenvalue weighted by Gasteiger charge is -2.34. The number of rotatable bonds is 3. The van der Waals surface area contributed by atoms with Gasteiger partial charge in [0.2, 0.25) is 0 Å². The third-order valence-corrected chi connectivity index (χ3v) is 4.58. The summed E-state index contributed by atoms with van der Waals surface area (Å²) >= 11 is 1.60. The summed E-state index contributed by atoms with van der Waals surface area (Å²) in [4.78, 5) is 14.2. The van der Waals surface area contributed by atoms with Gasteiger partial charge in [-0.3, -0.25) is 4.79 Å². The van der Waals surface area contributed by atoms with E-state index in [1.807, 2.05) is 12.1 Å². The number of thiophene rings is 1. The molecule has 1 aliphatic rings. The fourth-order valence-electron chi connectivity index (χ4n) is 2.13. The van der Waals surface area contributed by atoms with Gasteiger partial charge in [0.1, 0.15) is 0 Å². The van der Waals surface area contributed by atoms with Crippen LogP contribution in [0, 0.1) is 0 Å². The minimum atomic E-state index is -0.0430. The summed E-state index contributed by atoms with van der Waals surface area (Å²) in [5, 5.41) is 6.50. The maximum absolute atomic E-state index is 12.1. The molecule has 0 atom stereocenters. The van der Waals surface area contributed by atoms with Crippen LogP contribution in [0.4, 0.5) is 0 Å². The molecule has 0 radical (unpaired) electrons. The molecule has 2 heterocycles. The molecule has 0 aromatic carbocycles. The molecular formula is C13H20N2OS. The highest BCUT2D eigenvalue weighted by Crippen LogP contribution is 2.21. The van der Waals surface area contributed by atoms with E-state index in [0.717, 1.165) is 37.2 Å². The molecule has 1 aromatic rings. The molecule has 1 aromatic heterocycles. The normalized spacial score (nSPS) is 18.9. The first-order valence-corrected chi connectivity index (χ1v) is 7.06. The summed E-state index contributed by atoms with van der Waals surface area (Å²) < 4.78 is 0. The van der Waals surface area contributed by atoms with Crippen LogP contribution >= 0.6 is 11.3 Å². The predicted octanol–water partition coefficient (Wildman–Crippen LogP) is 2.18. The van der Waals surface area contributed by atoms with Crippen molar-refractivity contribution in [1.29, 1.82) is 0 Å². The van der Waals surface area contributed by atoms with E-state index < -0.39 is 0 Å². The van der Waals surface area contributed by atoms with Crippen molar-refractivity contribution in [2.75, 3.05) is 13.1 Å². The number of carbonyl (C=O) groups excluding carboxylic acids is 1. The van der Waals surface area contributed by atoms with Gasteiger partial charge in [-0.25, -0.2) is 0 Å². The first-order chi connectivity index (χ1) is 8.13. The third kappa shape index (κ3) is 3.07. The second-order valence-electron chi connectivity index (χ2n) is 4.88. The molecule has 0 unspecified atom stereocenters. The van der Waals surface area contributed by atoms with Crippen LogP contribution in [-0.4, -0.2) is 24.5 Å². The number of aryl methyl sites for hydroxylation is 1. The van der Waals surface area contributed by atoms with Gasteiger partial charge >= 0.3 is 0 Å². The summed E-state index contributed by atoms with van der Waals surface area (Å²) in [6.07, 6.45) is 3.01. The van der Waals surface area contributed by atoms with Crippen LogP contribution < -0.4 is 10.6 Å². The molecule has 1 amide bonds. The van der Waals surface area contributed by atoms with E-state index in [-0.39, 0.29) is 11.4 Å². The summed E-state index contributed by atoms with van der Waals surface area (Å²) in [6.45, 7) is 6.23. The molecule has 94 valence electrons. The summed E-state index contributed by atoms with van der Waals surface area (Å²) in [6, 6.07) is 3.98. The Morgan fingerprint density at radius 2 is 2.18 bits per heavy atom. The average molecular weight is 252 g/mol.